The highest BCUT2D eigenvalue weighted by Gasteiger charge is 2.11. The van der Waals surface area contributed by atoms with Crippen LogP contribution in [0.2, 0.25) is 0 Å². The van der Waals surface area contributed by atoms with Gasteiger partial charge in [-0.1, -0.05) is 12.1 Å². The molecule has 0 saturated carbocycles. The summed E-state index contributed by atoms with van der Waals surface area (Å²) in [6, 6.07) is 8.65. The van der Waals surface area contributed by atoms with Crippen LogP contribution in [0.15, 0.2) is 24.3 Å². The lowest BCUT2D eigenvalue weighted by atomic mass is 10.1. The molecule has 92 valence electrons. The van der Waals surface area contributed by atoms with Crippen LogP contribution in [0.3, 0.4) is 0 Å². The fraction of sp³-hybridized carbons (Fsp3) is 0.267. The highest BCUT2D eigenvalue weighted by atomic mass is 15.0. The molecule has 3 nitrogen and oxygen atoms in total. The monoisotopic (exact) mass is 239 g/mol. The predicted octanol–water partition coefficient (Wildman–Crippen LogP) is 2.87. The van der Waals surface area contributed by atoms with Gasteiger partial charge >= 0.3 is 0 Å². The van der Waals surface area contributed by atoms with Crippen molar-refractivity contribution in [2.75, 3.05) is 0 Å². The van der Waals surface area contributed by atoms with E-state index in [9.17, 15) is 0 Å². The number of benzene rings is 1. The van der Waals surface area contributed by atoms with Gasteiger partial charge in [-0.25, -0.2) is 4.98 Å². The zero-order valence-corrected chi connectivity index (χ0v) is 11.0. The number of pyridine rings is 1. The van der Waals surface area contributed by atoms with E-state index in [0.29, 0.717) is 6.54 Å². The minimum absolute atomic E-state index is 0.513. The topological polar surface area (TPSA) is 43.3 Å². The molecule has 3 aromatic rings. The zero-order valence-electron chi connectivity index (χ0n) is 11.0. The number of fused-ring (bicyclic) bond motifs is 3. The number of nitrogens with two attached hydrogens (primary N) is 1. The summed E-state index contributed by atoms with van der Waals surface area (Å²) in [5.74, 6) is 0. The third-order valence-electron chi connectivity index (χ3n) is 3.56. The van der Waals surface area contributed by atoms with Crippen LogP contribution in [0.5, 0.6) is 0 Å². The fourth-order valence-electron chi connectivity index (χ4n) is 2.62. The second kappa shape index (κ2) is 3.82. The third-order valence-corrected chi connectivity index (χ3v) is 3.56. The summed E-state index contributed by atoms with van der Waals surface area (Å²) in [6.45, 7) is 6.77. The number of nitrogens with zero attached hydrogens (tertiary/aromatic N) is 2. The second-order valence-corrected chi connectivity index (χ2v) is 4.89. The first kappa shape index (κ1) is 11.2. The highest BCUT2D eigenvalue weighted by Crippen LogP contribution is 2.25. The zero-order chi connectivity index (χ0) is 12.9. The Bertz CT molecular complexity index is 753. The van der Waals surface area contributed by atoms with Gasteiger partial charge in [0.1, 0.15) is 5.65 Å². The van der Waals surface area contributed by atoms with Gasteiger partial charge in [0.25, 0.3) is 0 Å². The average Bonchev–Trinajstić information content (AvgIpc) is 2.64. The van der Waals surface area contributed by atoms with Gasteiger partial charge in [0, 0.05) is 11.9 Å². The molecule has 0 atom stereocenters. The van der Waals surface area contributed by atoms with Crippen molar-refractivity contribution in [3.63, 3.8) is 0 Å². The normalized spacial score (nSPS) is 11.6. The summed E-state index contributed by atoms with van der Waals surface area (Å²) in [5.41, 5.74) is 12.7. The first-order valence-electron chi connectivity index (χ1n) is 6.20. The van der Waals surface area contributed by atoms with Crippen LogP contribution < -0.4 is 5.73 Å². The maximum absolute atomic E-state index is 5.87. The summed E-state index contributed by atoms with van der Waals surface area (Å²) in [5, 5.41) is 1.26. The van der Waals surface area contributed by atoms with Gasteiger partial charge in [0.05, 0.1) is 16.9 Å². The summed E-state index contributed by atoms with van der Waals surface area (Å²) >= 11 is 0. The van der Waals surface area contributed by atoms with Crippen LogP contribution in [-0.2, 0) is 6.54 Å². The Hall–Kier alpha value is -1.87. The van der Waals surface area contributed by atoms with Crippen molar-refractivity contribution >= 4 is 16.6 Å². The van der Waals surface area contributed by atoms with Gasteiger partial charge < -0.3 is 5.73 Å². The van der Waals surface area contributed by atoms with Crippen LogP contribution in [0.25, 0.3) is 16.6 Å². The maximum atomic E-state index is 5.87. The van der Waals surface area contributed by atoms with Crippen molar-refractivity contribution < 1.29 is 0 Å². The van der Waals surface area contributed by atoms with E-state index in [-0.39, 0.29) is 0 Å². The van der Waals surface area contributed by atoms with Crippen LogP contribution in [0.4, 0.5) is 0 Å². The molecule has 0 saturated heterocycles. The fourth-order valence-corrected chi connectivity index (χ4v) is 2.62. The van der Waals surface area contributed by atoms with E-state index in [2.05, 4.69) is 47.5 Å². The van der Waals surface area contributed by atoms with Crippen molar-refractivity contribution in [1.82, 2.24) is 9.38 Å². The number of aromatic nitrogens is 2. The van der Waals surface area contributed by atoms with E-state index in [1.165, 1.54) is 22.0 Å². The van der Waals surface area contributed by atoms with Crippen LogP contribution >= 0.6 is 0 Å². The average molecular weight is 239 g/mol. The van der Waals surface area contributed by atoms with Crippen molar-refractivity contribution in [2.24, 2.45) is 5.73 Å². The molecule has 2 aromatic heterocycles. The Morgan fingerprint density at radius 1 is 1.17 bits per heavy atom. The van der Waals surface area contributed by atoms with Crippen molar-refractivity contribution in [1.29, 1.82) is 0 Å². The lowest BCUT2D eigenvalue weighted by Crippen LogP contribution is -2.03. The van der Waals surface area contributed by atoms with Crippen molar-refractivity contribution in [2.45, 2.75) is 27.3 Å². The molecule has 3 heteroatoms. The number of rotatable bonds is 1. The van der Waals surface area contributed by atoms with Gasteiger partial charge in [-0.15, -0.1) is 0 Å². The molecule has 0 aliphatic rings. The van der Waals surface area contributed by atoms with Crippen molar-refractivity contribution in [3.05, 3.63) is 46.8 Å². The Labute approximate surface area is 106 Å². The van der Waals surface area contributed by atoms with E-state index < -0.39 is 0 Å². The largest absolute Gasteiger partial charge is 0.325 e. The van der Waals surface area contributed by atoms with E-state index in [1.807, 2.05) is 6.92 Å². The van der Waals surface area contributed by atoms with Gasteiger partial charge in [-0.3, -0.25) is 4.40 Å². The molecule has 3 rings (SSSR count). The molecule has 1 aromatic carbocycles. The van der Waals surface area contributed by atoms with Crippen LogP contribution in [-0.4, -0.2) is 9.38 Å². The summed E-state index contributed by atoms with van der Waals surface area (Å²) < 4.78 is 2.19. The summed E-state index contributed by atoms with van der Waals surface area (Å²) in [6.07, 6.45) is 0. The Balaban J connectivity index is 2.60. The predicted molar refractivity (Wildman–Crippen MR) is 74.8 cm³/mol. The molecule has 2 heterocycles. The third kappa shape index (κ3) is 1.44. The van der Waals surface area contributed by atoms with E-state index >= 15 is 0 Å². The van der Waals surface area contributed by atoms with Gasteiger partial charge in [0.2, 0.25) is 0 Å². The minimum Gasteiger partial charge on any atom is -0.325 e. The molecule has 0 bridgehead atoms. The molecule has 0 aliphatic carbocycles. The molecule has 2 N–H and O–H groups in total. The first-order valence-corrected chi connectivity index (χ1v) is 6.20. The lowest BCUT2D eigenvalue weighted by Gasteiger charge is -2.09. The smallest absolute Gasteiger partial charge is 0.138 e. The molecule has 0 aliphatic heterocycles. The van der Waals surface area contributed by atoms with Gasteiger partial charge in [-0.2, -0.15) is 0 Å². The quantitative estimate of drug-likeness (QED) is 0.709. The molecule has 0 amide bonds. The lowest BCUT2D eigenvalue weighted by molar-refractivity contribution is 0.960. The molecular formula is C15H17N3. The molecule has 18 heavy (non-hydrogen) atoms. The number of imidazole rings is 1. The second-order valence-electron chi connectivity index (χ2n) is 4.89. The van der Waals surface area contributed by atoms with E-state index in [1.54, 1.807) is 0 Å². The maximum Gasteiger partial charge on any atom is 0.138 e. The number of hydrogen-bond acceptors (Lipinski definition) is 2. The minimum atomic E-state index is 0.513. The number of aryl methyl sites for hydroxylation is 3. The SMILES string of the molecule is Cc1ccc2c(C)cc3nc(C)c(CN)n3c2c1. The van der Waals surface area contributed by atoms with Crippen molar-refractivity contribution in [3.8, 4) is 0 Å². The van der Waals surface area contributed by atoms with E-state index in [0.717, 1.165) is 17.0 Å². The number of hydrogen-bond donors (Lipinski definition) is 1. The summed E-state index contributed by atoms with van der Waals surface area (Å²) in [4.78, 5) is 4.61. The standard InChI is InChI=1S/C15H17N3/c1-9-4-5-12-10(2)7-15-17-11(3)14(8-16)18(15)13(12)6-9/h4-7H,8,16H2,1-3H3. The summed E-state index contributed by atoms with van der Waals surface area (Å²) in [7, 11) is 0. The van der Waals surface area contributed by atoms with Crippen LogP contribution in [0, 0.1) is 20.8 Å². The highest BCUT2D eigenvalue weighted by molar-refractivity contribution is 5.86. The van der Waals surface area contributed by atoms with Gasteiger partial charge in [0.15, 0.2) is 0 Å². The van der Waals surface area contributed by atoms with Gasteiger partial charge in [-0.05, 0) is 44.0 Å². The Morgan fingerprint density at radius 2 is 1.94 bits per heavy atom. The Kier molecular flexibility index (Phi) is 2.38. The molecular weight excluding hydrogens is 222 g/mol. The first-order chi connectivity index (χ1) is 8.61. The Morgan fingerprint density at radius 3 is 2.67 bits per heavy atom. The molecule has 0 radical (unpaired) electrons. The van der Waals surface area contributed by atoms with Crippen LogP contribution in [0.1, 0.15) is 22.5 Å². The molecule has 0 fully saturated rings. The molecule has 0 unspecified atom stereocenters. The molecule has 0 spiro atoms. The van der Waals surface area contributed by atoms with E-state index in [4.69, 9.17) is 5.73 Å².